The minimum Gasteiger partial charge on any atom is -0.299 e. The summed E-state index contributed by atoms with van der Waals surface area (Å²) in [6.45, 7) is 5.23. The summed E-state index contributed by atoms with van der Waals surface area (Å²) < 4.78 is 1.75. The van der Waals surface area contributed by atoms with Gasteiger partial charge in [-0.25, -0.2) is 0 Å². The summed E-state index contributed by atoms with van der Waals surface area (Å²) in [6.07, 6.45) is 2.76. The number of nitrogens with zero attached hydrogens (tertiary/aromatic N) is 3. The molecule has 0 spiro atoms. The summed E-state index contributed by atoms with van der Waals surface area (Å²) in [4.78, 5) is 2.38. The molecule has 0 aliphatic heterocycles. The van der Waals surface area contributed by atoms with Gasteiger partial charge in [-0.15, -0.1) is 0 Å². The number of halogens is 1. The predicted octanol–water partition coefficient (Wildman–Crippen LogP) is 2.61. The van der Waals surface area contributed by atoms with Gasteiger partial charge in [0, 0.05) is 25.2 Å². The maximum absolute atomic E-state index is 6.23. The highest BCUT2D eigenvalue weighted by Crippen LogP contribution is 2.35. The van der Waals surface area contributed by atoms with Crippen LogP contribution in [0.2, 0.25) is 5.15 Å². The van der Waals surface area contributed by atoms with Crippen molar-refractivity contribution in [1.82, 2.24) is 14.7 Å². The summed E-state index contributed by atoms with van der Waals surface area (Å²) in [5, 5.41) is 5.11. The first-order chi connectivity index (χ1) is 7.50. The predicted molar refractivity (Wildman–Crippen MR) is 66.6 cm³/mol. The molecule has 0 N–H and O–H groups in total. The second-order valence-electron chi connectivity index (χ2n) is 4.97. The molecule has 0 radical (unpaired) electrons. The van der Waals surface area contributed by atoms with E-state index >= 15 is 0 Å². The molecule has 4 heteroatoms. The minimum absolute atomic E-state index is 0.649. The summed E-state index contributed by atoms with van der Waals surface area (Å²) in [5.41, 5.74) is 2.21. The average molecular weight is 242 g/mol. The van der Waals surface area contributed by atoms with Crippen LogP contribution in [-0.2, 0) is 13.6 Å². The average Bonchev–Trinajstić information content (AvgIpc) is 3.03. The fourth-order valence-corrected chi connectivity index (χ4v) is 2.42. The van der Waals surface area contributed by atoms with Crippen LogP contribution in [0.15, 0.2) is 0 Å². The van der Waals surface area contributed by atoms with E-state index in [1.807, 2.05) is 14.0 Å². The number of aromatic nitrogens is 2. The standard InChI is InChI=1S/C12H20ClN3/c1-8-11(12(13)16(4)14-8)7-15(3)9(2)10-5-6-10/h9-10H,5-7H2,1-4H3. The van der Waals surface area contributed by atoms with Crippen LogP contribution in [-0.4, -0.2) is 27.8 Å². The zero-order chi connectivity index (χ0) is 11.9. The molecular formula is C12H20ClN3. The lowest BCUT2D eigenvalue weighted by Gasteiger charge is -2.24. The van der Waals surface area contributed by atoms with Crippen LogP contribution >= 0.6 is 11.6 Å². The molecule has 0 aromatic carbocycles. The molecule has 90 valence electrons. The molecule has 1 aromatic heterocycles. The van der Waals surface area contributed by atoms with Crippen molar-refractivity contribution in [2.75, 3.05) is 7.05 Å². The molecule has 1 heterocycles. The van der Waals surface area contributed by atoms with Crippen LogP contribution in [0.3, 0.4) is 0 Å². The van der Waals surface area contributed by atoms with Crippen molar-refractivity contribution in [1.29, 1.82) is 0 Å². The van der Waals surface area contributed by atoms with Gasteiger partial charge in [-0.3, -0.25) is 9.58 Å². The Bertz CT molecular complexity index is 382. The Morgan fingerprint density at radius 3 is 2.62 bits per heavy atom. The molecule has 1 fully saturated rings. The van der Waals surface area contributed by atoms with E-state index in [0.29, 0.717) is 6.04 Å². The van der Waals surface area contributed by atoms with Crippen LogP contribution < -0.4 is 0 Å². The number of rotatable bonds is 4. The van der Waals surface area contributed by atoms with E-state index in [4.69, 9.17) is 11.6 Å². The Labute approximate surface area is 102 Å². The third-order valence-corrected chi connectivity index (χ3v) is 4.15. The van der Waals surface area contributed by atoms with Crippen molar-refractivity contribution >= 4 is 11.6 Å². The maximum atomic E-state index is 6.23. The van der Waals surface area contributed by atoms with Gasteiger partial charge >= 0.3 is 0 Å². The van der Waals surface area contributed by atoms with Crippen molar-refractivity contribution in [3.63, 3.8) is 0 Å². The first-order valence-corrected chi connectivity index (χ1v) is 6.26. The molecule has 3 nitrogen and oxygen atoms in total. The second kappa shape index (κ2) is 4.38. The van der Waals surface area contributed by atoms with Crippen molar-refractivity contribution < 1.29 is 0 Å². The zero-order valence-corrected chi connectivity index (χ0v) is 11.3. The molecule has 1 saturated carbocycles. The van der Waals surface area contributed by atoms with Gasteiger partial charge < -0.3 is 0 Å². The van der Waals surface area contributed by atoms with Crippen molar-refractivity contribution in [3.05, 3.63) is 16.4 Å². The fraction of sp³-hybridized carbons (Fsp3) is 0.750. The molecular weight excluding hydrogens is 222 g/mol. The molecule has 0 bridgehead atoms. The lowest BCUT2D eigenvalue weighted by atomic mass is 10.1. The van der Waals surface area contributed by atoms with Gasteiger partial charge in [-0.2, -0.15) is 5.10 Å². The summed E-state index contributed by atoms with van der Waals surface area (Å²) in [6, 6.07) is 0.649. The summed E-state index contributed by atoms with van der Waals surface area (Å²) >= 11 is 6.23. The van der Waals surface area contributed by atoms with Crippen LogP contribution in [0.25, 0.3) is 0 Å². The maximum Gasteiger partial charge on any atom is 0.131 e. The summed E-state index contributed by atoms with van der Waals surface area (Å²) in [5.74, 6) is 0.890. The normalized spacial score (nSPS) is 18.1. The van der Waals surface area contributed by atoms with Gasteiger partial charge in [0.15, 0.2) is 0 Å². The van der Waals surface area contributed by atoms with Gasteiger partial charge in [0.2, 0.25) is 0 Å². The highest BCUT2D eigenvalue weighted by Gasteiger charge is 2.31. The van der Waals surface area contributed by atoms with Gasteiger partial charge in [0.1, 0.15) is 5.15 Å². The largest absolute Gasteiger partial charge is 0.299 e. The van der Waals surface area contributed by atoms with Crippen LogP contribution in [0.1, 0.15) is 31.0 Å². The molecule has 0 saturated heterocycles. The number of hydrogen-bond donors (Lipinski definition) is 0. The number of aryl methyl sites for hydroxylation is 2. The molecule has 1 aromatic rings. The van der Waals surface area contributed by atoms with E-state index < -0.39 is 0 Å². The molecule has 1 aliphatic rings. The fourth-order valence-electron chi connectivity index (χ4n) is 2.19. The van der Waals surface area contributed by atoms with E-state index in [1.54, 1.807) is 4.68 Å². The highest BCUT2D eigenvalue weighted by molar-refractivity contribution is 6.30. The lowest BCUT2D eigenvalue weighted by Crippen LogP contribution is -2.30. The van der Waals surface area contributed by atoms with Crippen molar-refractivity contribution in [3.8, 4) is 0 Å². The SMILES string of the molecule is Cc1nn(C)c(Cl)c1CN(C)C(C)C1CC1. The molecule has 0 amide bonds. The van der Waals surface area contributed by atoms with E-state index in [-0.39, 0.29) is 0 Å². The molecule has 1 atom stereocenters. The van der Waals surface area contributed by atoms with Crippen LogP contribution in [0.5, 0.6) is 0 Å². The molecule has 16 heavy (non-hydrogen) atoms. The van der Waals surface area contributed by atoms with Crippen LogP contribution in [0, 0.1) is 12.8 Å². The first-order valence-electron chi connectivity index (χ1n) is 5.89. The molecule has 1 aliphatic carbocycles. The van der Waals surface area contributed by atoms with Gasteiger partial charge in [-0.05, 0) is 39.7 Å². The monoisotopic (exact) mass is 241 g/mol. The minimum atomic E-state index is 0.649. The third-order valence-electron chi connectivity index (χ3n) is 3.68. The smallest absolute Gasteiger partial charge is 0.131 e. The lowest BCUT2D eigenvalue weighted by molar-refractivity contribution is 0.226. The van der Waals surface area contributed by atoms with Crippen molar-refractivity contribution in [2.24, 2.45) is 13.0 Å². The summed E-state index contributed by atoms with van der Waals surface area (Å²) in [7, 11) is 4.06. The van der Waals surface area contributed by atoms with E-state index in [2.05, 4.69) is 24.0 Å². The highest BCUT2D eigenvalue weighted by atomic mass is 35.5. The van der Waals surface area contributed by atoms with Gasteiger partial charge in [0.05, 0.1) is 5.69 Å². The third kappa shape index (κ3) is 2.25. The van der Waals surface area contributed by atoms with Crippen LogP contribution in [0.4, 0.5) is 0 Å². The molecule has 1 unspecified atom stereocenters. The second-order valence-corrected chi connectivity index (χ2v) is 5.33. The topological polar surface area (TPSA) is 21.1 Å². The first kappa shape index (κ1) is 11.9. The van der Waals surface area contributed by atoms with Gasteiger partial charge in [0.25, 0.3) is 0 Å². The quantitative estimate of drug-likeness (QED) is 0.808. The Morgan fingerprint density at radius 2 is 2.19 bits per heavy atom. The van der Waals surface area contributed by atoms with Gasteiger partial charge in [-0.1, -0.05) is 11.6 Å². The van der Waals surface area contributed by atoms with E-state index in [0.717, 1.165) is 23.3 Å². The van der Waals surface area contributed by atoms with Crippen molar-refractivity contribution in [2.45, 2.75) is 39.3 Å². The zero-order valence-electron chi connectivity index (χ0n) is 10.5. The van der Waals surface area contributed by atoms with E-state index in [9.17, 15) is 0 Å². The molecule has 2 rings (SSSR count). The van der Waals surface area contributed by atoms with E-state index in [1.165, 1.54) is 18.4 Å². The Kier molecular flexibility index (Phi) is 3.27. The number of hydrogen-bond acceptors (Lipinski definition) is 2. The Hall–Kier alpha value is -0.540. The Morgan fingerprint density at radius 1 is 1.56 bits per heavy atom. The Balaban J connectivity index is 2.07.